The van der Waals surface area contributed by atoms with Gasteiger partial charge in [-0.2, -0.15) is 0 Å². The third-order valence-electron chi connectivity index (χ3n) is 3.49. The molecule has 1 aromatic carbocycles. The summed E-state index contributed by atoms with van der Waals surface area (Å²) in [5.74, 6) is 0.296. The first kappa shape index (κ1) is 14.8. The zero-order valence-corrected chi connectivity index (χ0v) is 11.7. The summed E-state index contributed by atoms with van der Waals surface area (Å²) in [6, 6.07) is 6.06. The maximum atomic E-state index is 13.1. The monoisotopic (exact) mass is 280 g/mol. The molecule has 0 aliphatic carbocycles. The first-order chi connectivity index (χ1) is 9.69. The summed E-state index contributed by atoms with van der Waals surface area (Å²) in [6.45, 7) is 4.07. The summed E-state index contributed by atoms with van der Waals surface area (Å²) in [6.07, 6.45) is 1.49. The Morgan fingerprint density at radius 2 is 2.45 bits per heavy atom. The Morgan fingerprint density at radius 3 is 3.10 bits per heavy atom. The molecule has 0 bridgehead atoms. The van der Waals surface area contributed by atoms with Crippen LogP contribution in [-0.4, -0.2) is 31.6 Å². The highest BCUT2D eigenvalue weighted by Gasteiger charge is 2.22. The lowest BCUT2D eigenvalue weighted by molar-refractivity contribution is -0.124. The van der Waals surface area contributed by atoms with E-state index in [9.17, 15) is 9.18 Å². The van der Waals surface area contributed by atoms with Crippen LogP contribution in [0.25, 0.3) is 0 Å². The Hall–Kier alpha value is -1.62. The number of benzene rings is 1. The first-order valence-electron chi connectivity index (χ1n) is 7.09. The van der Waals surface area contributed by atoms with Crippen molar-refractivity contribution in [3.8, 4) is 5.75 Å². The molecule has 1 aliphatic heterocycles. The molecule has 2 N–H and O–H groups in total. The minimum atomic E-state index is -0.321. The van der Waals surface area contributed by atoms with E-state index in [1.54, 1.807) is 12.1 Å². The number of hydrogen-bond acceptors (Lipinski definition) is 3. The average Bonchev–Trinajstić information content (AvgIpc) is 2.97. The highest BCUT2D eigenvalue weighted by atomic mass is 19.1. The molecule has 1 aromatic rings. The number of ether oxygens (including phenoxy) is 1. The van der Waals surface area contributed by atoms with Crippen LogP contribution in [0, 0.1) is 11.7 Å². The molecule has 0 saturated carbocycles. The van der Waals surface area contributed by atoms with Gasteiger partial charge in [0.25, 0.3) is 0 Å². The Kier molecular flexibility index (Phi) is 5.35. The van der Waals surface area contributed by atoms with Gasteiger partial charge in [-0.15, -0.1) is 0 Å². The number of amides is 1. The van der Waals surface area contributed by atoms with Gasteiger partial charge in [-0.3, -0.25) is 4.79 Å². The molecule has 1 amide bonds. The minimum absolute atomic E-state index is 0.0571. The Balaban J connectivity index is 1.81. The number of nitrogens with one attached hydrogen (secondary N) is 2. The topological polar surface area (TPSA) is 50.4 Å². The molecule has 1 aliphatic rings. The van der Waals surface area contributed by atoms with Gasteiger partial charge >= 0.3 is 0 Å². The van der Waals surface area contributed by atoms with Crippen molar-refractivity contribution in [2.45, 2.75) is 25.9 Å². The Morgan fingerprint density at radius 1 is 1.60 bits per heavy atom. The summed E-state index contributed by atoms with van der Waals surface area (Å²) in [4.78, 5) is 11.9. The number of hydrogen-bond donors (Lipinski definition) is 2. The van der Waals surface area contributed by atoms with Crippen LogP contribution in [0.1, 0.15) is 19.8 Å². The molecule has 0 aromatic heterocycles. The lowest BCUT2D eigenvalue weighted by atomic mass is 10.1. The average molecular weight is 280 g/mol. The first-order valence-corrected chi connectivity index (χ1v) is 7.09. The van der Waals surface area contributed by atoms with Gasteiger partial charge in [0.05, 0.1) is 12.5 Å². The van der Waals surface area contributed by atoms with Gasteiger partial charge < -0.3 is 15.4 Å². The van der Waals surface area contributed by atoms with Crippen LogP contribution in [0.15, 0.2) is 24.3 Å². The van der Waals surface area contributed by atoms with Crippen LogP contribution in [0.4, 0.5) is 4.39 Å². The second kappa shape index (κ2) is 7.24. The number of carbonyl (C=O) groups excluding carboxylic acids is 1. The number of rotatable bonds is 6. The number of carbonyl (C=O) groups is 1. The Labute approximate surface area is 118 Å². The van der Waals surface area contributed by atoms with Crippen LogP contribution < -0.4 is 15.4 Å². The van der Waals surface area contributed by atoms with Crippen LogP contribution in [0.5, 0.6) is 5.75 Å². The smallest absolute Gasteiger partial charge is 0.224 e. The molecule has 20 heavy (non-hydrogen) atoms. The quantitative estimate of drug-likeness (QED) is 0.834. The van der Waals surface area contributed by atoms with E-state index >= 15 is 0 Å². The normalized spacial score (nSPS) is 19.6. The predicted molar refractivity (Wildman–Crippen MR) is 75.1 cm³/mol. The molecule has 1 saturated heterocycles. The van der Waals surface area contributed by atoms with E-state index in [1.165, 1.54) is 12.1 Å². The zero-order chi connectivity index (χ0) is 14.4. The van der Waals surface area contributed by atoms with Crippen molar-refractivity contribution in [1.82, 2.24) is 10.6 Å². The van der Waals surface area contributed by atoms with Crippen LogP contribution >= 0.6 is 0 Å². The molecular formula is C15H21FN2O2. The van der Waals surface area contributed by atoms with Gasteiger partial charge in [-0.1, -0.05) is 13.0 Å². The van der Waals surface area contributed by atoms with Gasteiger partial charge in [-0.25, -0.2) is 4.39 Å². The molecule has 1 fully saturated rings. The molecule has 4 nitrogen and oxygen atoms in total. The van der Waals surface area contributed by atoms with E-state index < -0.39 is 0 Å². The number of halogens is 1. The van der Waals surface area contributed by atoms with E-state index in [1.807, 2.05) is 6.92 Å². The lowest BCUT2D eigenvalue weighted by Gasteiger charge is -2.19. The van der Waals surface area contributed by atoms with Crippen LogP contribution in [0.2, 0.25) is 0 Å². The third kappa shape index (κ3) is 4.20. The molecule has 1 heterocycles. The van der Waals surface area contributed by atoms with Gasteiger partial charge in [0.2, 0.25) is 5.91 Å². The van der Waals surface area contributed by atoms with Crippen LogP contribution in [0.3, 0.4) is 0 Å². The lowest BCUT2D eigenvalue weighted by Crippen LogP contribution is -2.39. The van der Waals surface area contributed by atoms with Gasteiger partial charge in [0.15, 0.2) is 0 Å². The summed E-state index contributed by atoms with van der Waals surface area (Å²) in [5, 5.41) is 6.08. The van der Waals surface area contributed by atoms with E-state index in [0.717, 1.165) is 25.9 Å². The van der Waals surface area contributed by atoms with Crippen molar-refractivity contribution >= 4 is 5.91 Å². The highest BCUT2D eigenvalue weighted by Crippen LogP contribution is 2.15. The summed E-state index contributed by atoms with van der Waals surface area (Å²) in [7, 11) is 0. The molecule has 2 unspecified atom stereocenters. The fourth-order valence-corrected chi connectivity index (χ4v) is 2.24. The second-order valence-corrected chi connectivity index (χ2v) is 5.04. The SMILES string of the molecule is CCC(CNC(=O)C1CCNC1)Oc1cccc(F)c1. The van der Waals surface area contributed by atoms with Crippen molar-refractivity contribution in [2.75, 3.05) is 19.6 Å². The molecule has 0 spiro atoms. The molecule has 2 atom stereocenters. The Bertz CT molecular complexity index is 447. The van der Waals surface area contributed by atoms with Gasteiger partial charge in [0, 0.05) is 12.6 Å². The maximum Gasteiger partial charge on any atom is 0.224 e. The second-order valence-electron chi connectivity index (χ2n) is 5.04. The largest absolute Gasteiger partial charge is 0.489 e. The zero-order valence-electron chi connectivity index (χ0n) is 11.7. The summed E-state index contributed by atoms with van der Waals surface area (Å²) < 4.78 is 18.8. The molecule has 110 valence electrons. The molecular weight excluding hydrogens is 259 g/mol. The summed E-state index contributed by atoms with van der Waals surface area (Å²) >= 11 is 0. The summed E-state index contributed by atoms with van der Waals surface area (Å²) in [5.41, 5.74) is 0. The standard InChI is InChI=1S/C15H21FN2O2/c1-2-13(20-14-5-3-4-12(16)8-14)10-18-15(19)11-6-7-17-9-11/h3-5,8,11,13,17H,2,6-7,9-10H2,1H3,(H,18,19). The minimum Gasteiger partial charge on any atom is -0.489 e. The van der Waals surface area contributed by atoms with E-state index in [2.05, 4.69) is 10.6 Å². The highest BCUT2D eigenvalue weighted by molar-refractivity contribution is 5.79. The van der Waals surface area contributed by atoms with Crippen molar-refractivity contribution in [3.63, 3.8) is 0 Å². The third-order valence-corrected chi connectivity index (χ3v) is 3.49. The van der Waals surface area contributed by atoms with E-state index in [0.29, 0.717) is 12.3 Å². The van der Waals surface area contributed by atoms with Crippen molar-refractivity contribution in [3.05, 3.63) is 30.1 Å². The van der Waals surface area contributed by atoms with E-state index in [4.69, 9.17) is 4.74 Å². The van der Waals surface area contributed by atoms with E-state index in [-0.39, 0.29) is 23.7 Å². The van der Waals surface area contributed by atoms with Gasteiger partial charge in [-0.05, 0) is 31.5 Å². The van der Waals surface area contributed by atoms with Crippen molar-refractivity contribution in [1.29, 1.82) is 0 Å². The van der Waals surface area contributed by atoms with Crippen molar-refractivity contribution in [2.24, 2.45) is 5.92 Å². The van der Waals surface area contributed by atoms with Crippen molar-refractivity contribution < 1.29 is 13.9 Å². The molecule has 0 radical (unpaired) electrons. The van der Waals surface area contributed by atoms with Gasteiger partial charge in [0.1, 0.15) is 17.7 Å². The maximum absolute atomic E-state index is 13.1. The predicted octanol–water partition coefficient (Wildman–Crippen LogP) is 1.71. The molecule has 5 heteroatoms. The molecule has 2 rings (SSSR count). The fraction of sp³-hybridized carbons (Fsp3) is 0.533. The fourth-order valence-electron chi connectivity index (χ4n) is 2.24. The van der Waals surface area contributed by atoms with Crippen LogP contribution in [-0.2, 0) is 4.79 Å².